The third-order valence-corrected chi connectivity index (χ3v) is 3.84. The quantitative estimate of drug-likeness (QED) is 0.842. The van der Waals surface area contributed by atoms with Crippen LogP contribution in [0.4, 0.5) is 5.69 Å². The molecule has 0 spiro atoms. The summed E-state index contributed by atoms with van der Waals surface area (Å²) in [5.74, 6) is -0.857. The largest absolute Gasteiger partial charge is 0.325 e. The molecule has 0 radical (unpaired) electrons. The Bertz CT molecular complexity index is 579. The molecule has 0 saturated carbocycles. The van der Waals surface area contributed by atoms with Gasteiger partial charge in [0.25, 0.3) is 0 Å². The van der Waals surface area contributed by atoms with E-state index in [1.54, 1.807) is 0 Å². The SMILES string of the molecule is O=C(CN1C(=O)CCC1=O)Nc1ccc2c(c1)CCC2. The molecule has 1 heterocycles. The zero-order valence-corrected chi connectivity index (χ0v) is 11.1. The summed E-state index contributed by atoms with van der Waals surface area (Å²) >= 11 is 0. The molecule has 0 unspecified atom stereocenters. The van der Waals surface area contributed by atoms with E-state index in [2.05, 4.69) is 5.32 Å². The van der Waals surface area contributed by atoms with Crippen molar-refractivity contribution in [2.24, 2.45) is 0 Å². The summed E-state index contributed by atoms with van der Waals surface area (Å²) in [7, 11) is 0. The van der Waals surface area contributed by atoms with Crippen molar-refractivity contribution >= 4 is 23.4 Å². The van der Waals surface area contributed by atoms with Crippen LogP contribution in [0.1, 0.15) is 30.4 Å². The van der Waals surface area contributed by atoms with Gasteiger partial charge in [-0.2, -0.15) is 0 Å². The Morgan fingerprint density at radius 2 is 1.75 bits per heavy atom. The molecule has 1 N–H and O–H groups in total. The van der Waals surface area contributed by atoms with Gasteiger partial charge in [0.1, 0.15) is 6.54 Å². The molecule has 0 atom stereocenters. The zero-order chi connectivity index (χ0) is 14.1. The zero-order valence-electron chi connectivity index (χ0n) is 11.1. The molecular weight excluding hydrogens is 256 g/mol. The lowest BCUT2D eigenvalue weighted by Crippen LogP contribution is -2.36. The lowest BCUT2D eigenvalue weighted by atomic mass is 10.1. The summed E-state index contributed by atoms with van der Waals surface area (Å²) in [6.45, 7) is -0.186. The van der Waals surface area contributed by atoms with Crippen LogP contribution < -0.4 is 5.32 Å². The van der Waals surface area contributed by atoms with E-state index in [0.29, 0.717) is 0 Å². The van der Waals surface area contributed by atoms with Crippen molar-refractivity contribution < 1.29 is 14.4 Å². The van der Waals surface area contributed by atoms with Crippen molar-refractivity contribution in [3.8, 4) is 0 Å². The number of fused-ring (bicyclic) bond motifs is 1. The molecule has 1 aliphatic carbocycles. The van der Waals surface area contributed by atoms with Gasteiger partial charge in [-0.1, -0.05) is 6.07 Å². The highest BCUT2D eigenvalue weighted by molar-refractivity contribution is 6.06. The summed E-state index contributed by atoms with van der Waals surface area (Å²) in [4.78, 5) is 35.8. The molecule has 1 fully saturated rings. The van der Waals surface area contributed by atoms with Crippen molar-refractivity contribution in [2.75, 3.05) is 11.9 Å². The second kappa shape index (κ2) is 5.07. The molecule has 1 aromatic rings. The number of nitrogens with one attached hydrogen (secondary N) is 1. The Balaban J connectivity index is 1.64. The minimum absolute atomic E-state index is 0.186. The van der Waals surface area contributed by atoms with Gasteiger partial charge in [-0.15, -0.1) is 0 Å². The third kappa shape index (κ3) is 2.43. The Kier molecular flexibility index (Phi) is 3.26. The summed E-state index contributed by atoms with van der Waals surface area (Å²) < 4.78 is 0. The van der Waals surface area contributed by atoms with Crippen LogP contribution in [-0.2, 0) is 27.2 Å². The van der Waals surface area contributed by atoms with Crippen LogP contribution in [0.2, 0.25) is 0 Å². The number of imide groups is 1. The van der Waals surface area contributed by atoms with Gasteiger partial charge in [0.15, 0.2) is 0 Å². The lowest BCUT2D eigenvalue weighted by molar-refractivity contribution is -0.141. The maximum Gasteiger partial charge on any atom is 0.244 e. The number of hydrogen-bond acceptors (Lipinski definition) is 3. The summed E-state index contributed by atoms with van der Waals surface area (Å²) in [6, 6.07) is 5.88. The maximum atomic E-state index is 11.9. The molecule has 0 aromatic heterocycles. The van der Waals surface area contributed by atoms with E-state index in [1.165, 1.54) is 11.1 Å². The van der Waals surface area contributed by atoms with Crippen LogP contribution in [0.25, 0.3) is 0 Å². The summed E-state index contributed by atoms with van der Waals surface area (Å²) in [5, 5.41) is 2.75. The van der Waals surface area contributed by atoms with Gasteiger partial charge >= 0.3 is 0 Å². The number of likely N-dealkylation sites (tertiary alicyclic amines) is 1. The first-order valence-electron chi connectivity index (χ1n) is 6.88. The van der Waals surface area contributed by atoms with Gasteiger partial charge in [0, 0.05) is 18.5 Å². The molecule has 5 heteroatoms. The van der Waals surface area contributed by atoms with Gasteiger partial charge in [-0.25, -0.2) is 0 Å². The molecule has 104 valence electrons. The highest BCUT2D eigenvalue weighted by atomic mass is 16.2. The lowest BCUT2D eigenvalue weighted by Gasteiger charge is -2.14. The van der Waals surface area contributed by atoms with E-state index < -0.39 is 0 Å². The maximum absolute atomic E-state index is 11.9. The first-order valence-corrected chi connectivity index (χ1v) is 6.88. The number of amides is 3. The average Bonchev–Trinajstić information content (AvgIpc) is 3.00. The monoisotopic (exact) mass is 272 g/mol. The molecule has 20 heavy (non-hydrogen) atoms. The Hall–Kier alpha value is -2.17. The standard InChI is InChI=1S/C15H16N2O3/c18-13(9-17-14(19)6-7-15(17)20)16-12-5-4-10-2-1-3-11(10)8-12/h4-5,8H,1-3,6-7,9H2,(H,16,18). The smallest absolute Gasteiger partial charge is 0.244 e. The fraction of sp³-hybridized carbons (Fsp3) is 0.400. The summed E-state index contributed by atoms with van der Waals surface area (Å²) in [5.41, 5.74) is 3.35. The van der Waals surface area contributed by atoms with E-state index >= 15 is 0 Å². The minimum Gasteiger partial charge on any atom is -0.325 e. The number of nitrogens with zero attached hydrogens (tertiary/aromatic N) is 1. The fourth-order valence-electron chi connectivity index (χ4n) is 2.79. The van der Waals surface area contributed by atoms with Gasteiger partial charge < -0.3 is 5.32 Å². The van der Waals surface area contributed by atoms with Crippen molar-refractivity contribution in [3.05, 3.63) is 29.3 Å². The summed E-state index contributed by atoms with van der Waals surface area (Å²) in [6.07, 6.45) is 3.72. The molecule has 3 amide bonds. The highest BCUT2D eigenvalue weighted by Crippen LogP contribution is 2.24. The van der Waals surface area contributed by atoms with Gasteiger partial charge in [0.2, 0.25) is 17.7 Å². The normalized spacial score (nSPS) is 17.5. The molecule has 1 aromatic carbocycles. The molecule has 2 aliphatic rings. The Labute approximate surface area is 116 Å². The number of rotatable bonds is 3. The Morgan fingerprint density at radius 1 is 1.05 bits per heavy atom. The first kappa shape index (κ1) is 12.8. The second-order valence-electron chi connectivity index (χ2n) is 5.26. The Morgan fingerprint density at radius 3 is 2.50 bits per heavy atom. The van der Waals surface area contributed by atoms with Crippen molar-refractivity contribution in [1.29, 1.82) is 0 Å². The van der Waals surface area contributed by atoms with E-state index in [-0.39, 0.29) is 37.1 Å². The van der Waals surface area contributed by atoms with Crippen molar-refractivity contribution in [3.63, 3.8) is 0 Å². The van der Waals surface area contributed by atoms with Crippen LogP contribution in [-0.4, -0.2) is 29.2 Å². The molecule has 0 bridgehead atoms. The highest BCUT2D eigenvalue weighted by Gasteiger charge is 2.30. The van der Waals surface area contributed by atoms with Crippen LogP contribution in [0, 0.1) is 0 Å². The minimum atomic E-state index is -0.327. The number of hydrogen-bond donors (Lipinski definition) is 1. The molecular formula is C15H16N2O3. The third-order valence-electron chi connectivity index (χ3n) is 3.84. The van der Waals surface area contributed by atoms with Crippen molar-refractivity contribution in [1.82, 2.24) is 4.90 Å². The number of benzene rings is 1. The number of carbonyl (C=O) groups is 3. The van der Waals surface area contributed by atoms with Gasteiger partial charge in [-0.05, 0) is 42.5 Å². The fourth-order valence-corrected chi connectivity index (χ4v) is 2.79. The van der Waals surface area contributed by atoms with E-state index in [0.717, 1.165) is 29.8 Å². The molecule has 5 nitrogen and oxygen atoms in total. The number of carbonyl (C=O) groups excluding carboxylic acids is 3. The van der Waals surface area contributed by atoms with E-state index in [9.17, 15) is 14.4 Å². The van der Waals surface area contributed by atoms with Crippen LogP contribution in [0.3, 0.4) is 0 Å². The van der Waals surface area contributed by atoms with Gasteiger partial charge in [-0.3, -0.25) is 19.3 Å². The van der Waals surface area contributed by atoms with Crippen LogP contribution in [0.5, 0.6) is 0 Å². The predicted molar refractivity (Wildman–Crippen MR) is 73.1 cm³/mol. The molecule has 1 aliphatic heterocycles. The van der Waals surface area contributed by atoms with Crippen LogP contribution >= 0.6 is 0 Å². The van der Waals surface area contributed by atoms with E-state index in [1.807, 2.05) is 18.2 Å². The van der Waals surface area contributed by atoms with Gasteiger partial charge in [0.05, 0.1) is 0 Å². The topological polar surface area (TPSA) is 66.5 Å². The number of aryl methyl sites for hydroxylation is 2. The predicted octanol–water partition coefficient (Wildman–Crippen LogP) is 1.26. The second-order valence-corrected chi connectivity index (χ2v) is 5.26. The van der Waals surface area contributed by atoms with Crippen LogP contribution in [0.15, 0.2) is 18.2 Å². The average molecular weight is 272 g/mol. The first-order chi connectivity index (χ1) is 9.63. The number of anilines is 1. The van der Waals surface area contributed by atoms with Crippen molar-refractivity contribution in [2.45, 2.75) is 32.1 Å². The van der Waals surface area contributed by atoms with E-state index in [4.69, 9.17) is 0 Å². The molecule has 3 rings (SSSR count). The molecule has 1 saturated heterocycles.